The van der Waals surface area contributed by atoms with Crippen LogP contribution < -0.4 is 0 Å². The van der Waals surface area contributed by atoms with E-state index in [1.807, 2.05) is 19.9 Å². The van der Waals surface area contributed by atoms with Crippen molar-refractivity contribution >= 4 is 6.29 Å². The van der Waals surface area contributed by atoms with Gasteiger partial charge in [-0.3, -0.25) is 0 Å². The molecule has 0 aromatic carbocycles. The zero-order valence-corrected chi connectivity index (χ0v) is 8.60. The van der Waals surface area contributed by atoms with Crippen LogP contribution in [-0.4, -0.2) is 6.29 Å². The maximum Gasteiger partial charge on any atom is 0.130 e. The molecule has 0 spiro atoms. The highest BCUT2D eigenvalue weighted by molar-refractivity contribution is 5.62. The van der Waals surface area contributed by atoms with Crippen LogP contribution in [0.3, 0.4) is 0 Å². The van der Waals surface area contributed by atoms with Gasteiger partial charge >= 0.3 is 0 Å². The summed E-state index contributed by atoms with van der Waals surface area (Å²) in [5.74, 6) is 0. The maximum absolute atomic E-state index is 11.0. The van der Waals surface area contributed by atoms with E-state index in [1.54, 1.807) is 0 Å². The molecule has 0 aromatic rings. The predicted molar refractivity (Wildman–Crippen MR) is 54.5 cm³/mol. The second-order valence-electron chi connectivity index (χ2n) is 4.20. The molecule has 0 aromatic heterocycles. The molecule has 1 heteroatoms. The molecule has 0 saturated heterocycles. The van der Waals surface area contributed by atoms with Gasteiger partial charge in [-0.1, -0.05) is 19.3 Å². The van der Waals surface area contributed by atoms with E-state index >= 15 is 0 Å². The zero-order chi connectivity index (χ0) is 9.73. The molecule has 0 aliphatic heterocycles. The number of hydrogen-bond acceptors (Lipinski definition) is 1. The van der Waals surface area contributed by atoms with Crippen molar-refractivity contribution in [1.29, 1.82) is 0 Å². The molecular formula is C12H18O. The van der Waals surface area contributed by atoms with Crippen LogP contribution in [0.5, 0.6) is 0 Å². The Hall–Kier alpha value is -0.810. The highest BCUT2D eigenvalue weighted by Crippen LogP contribution is 2.35. The molecule has 1 aliphatic carbocycles. The summed E-state index contributed by atoms with van der Waals surface area (Å²) in [7, 11) is 0. The molecule has 0 unspecified atom stereocenters. The van der Waals surface area contributed by atoms with Crippen molar-refractivity contribution in [3.63, 3.8) is 0 Å². The van der Waals surface area contributed by atoms with Gasteiger partial charge in [-0.2, -0.15) is 0 Å². The Morgan fingerprint density at radius 3 is 2.31 bits per heavy atom. The van der Waals surface area contributed by atoms with Gasteiger partial charge < -0.3 is 4.79 Å². The molecule has 0 heterocycles. The van der Waals surface area contributed by atoms with Crippen molar-refractivity contribution in [2.75, 3.05) is 0 Å². The molecule has 0 radical (unpaired) electrons. The molecule has 1 rings (SSSR count). The number of carbonyl (C=O) groups excluding carboxylic acids is 1. The summed E-state index contributed by atoms with van der Waals surface area (Å²) in [6.45, 7) is 4.02. The standard InChI is InChI=1S/C12H18O/c1-11(2)6-9-12(10-13)7-4-3-5-8-12/h9-10H,3-5,7-8H2,1-2H3. The van der Waals surface area contributed by atoms with Gasteiger partial charge in [-0.25, -0.2) is 0 Å². The number of hydrogen-bond donors (Lipinski definition) is 0. The van der Waals surface area contributed by atoms with Gasteiger partial charge in [-0.15, -0.1) is 5.73 Å². The van der Waals surface area contributed by atoms with Crippen LogP contribution in [0.4, 0.5) is 0 Å². The van der Waals surface area contributed by atoms with E-state index < -0.39 is 0 Å². The lowest BCUT2D eigenvalue weighted by atomic mass is 9.75. The van der Waals surface area contributed by atoms with E-state index in [0.29, 0.717) is 0 Å². The lowest BCUT2D eigenvalue weighted by molar-refractivity contribution is -0.115. The minimum atomic E-state index is -0.185. The van der Waals surface area contributed by atoms with E-state index in [-0.39, 0.29) is 5.41 Å². The molecule has 1 nitrogen and oxygen atoms in total. The summed E-state index contributed by atoms with van der Waals surface area (Å²) in [4.78, 5) is 11.0. The van der Waals surface area contributed by atoms with Crippen LogP contribution in [-0.2, 0) is 4.79 Å². The highest BCUT2D eigenvalue weighted by atomic mass is 16.1. The third kappa shape index (κ3) is 2.86. The Bertz CT molecular complexity index is 234. The molecule has 0 N–H and O–H groups in total. The first kappa shape index (κ1) is 10.3. The molecule has 1 aliphatic rings. The fourth-order valence-electron chi connectivity index (χ4n) is 1.79. The predicted octanol–water partition coefficient (Wildman–Crippen LogP) is 3.26. The van der Waals surface area contributed by atoms with Gasteiger partial charge in [-0.05, 0) is 38.3 Å². The smallest absolute Gasteiger partial charge is 0.130 e. The Balaban J connectivity index is 2.80. The third-order valence-corrected chi connectivity index (χ3v) is 2.67. The van der Waals surface area contributed by atoms with Crippen molar-refractivity contribution in [1.82, 2.24) is 0 Å². The Labute approximate surface area is 80.5 Å². The third-order valence-electron chi connectivity index (χ3n) is 2.67. The Kier molecular flexibility index (Phi) is 3.50. The molecule has 0 amide bonds. The van der Waals surface area contributed by atoms with E-state index in [9.17, 15) is 4.79 Å². The average molecular weight is 178 g/mol. The molecule has 0 bridgehead atoms. The summed E-state index contributed by atoms with van der Waals surface area (Å²) in [6.07, 6.45) is 8.75. The van der Waals surface area contributed by atoms with Crippen LogP contribution >= 0.6 is 0 Å². The van der Waals surface area contributed by atoms with Crippen molar-refractivity contribution in [3.05, 3.63) is 17.4 Å². The summed E-state index contributed by atoms with van der Waals surface area (Å²) >= 11 is 0. The van der Waals surface area contributed by atoms with Gasteiger partial charge in [0.1, 0.15) is 6.29 Å². The monoisotopic (exact) mass is 178 g/mol. The normalized spacial score (nSPS) is 20.2. The number of aldehydes is 1. The highest BCUT2D eigenvalue weighted by Gasteiger charge is 2.28. The topological polar surface area (TPSA) is 17.1 Å². The quantitative estimate of drug-likeness (QED) is 0.468. The number of carbonyl (C=O) groups is 1. The average Bonchev–Trinajstić information content (AvgIpc) is 2.16. The fraction of sp³-hybridized carbons (Fsp3) is 0.667. The van der Waals surface area contributed by atoms with Crippen LogP contribution in [0.1, 0.15) is 46.0 Å². The number of allylic oxidation sites excluding steroid dienone is 1. The number of rotatable bonds is 2. The van der Waals surface area contributed by atoms with E-state index in [0.717, 1.165) is 24.7 Å². The first-order chi connectivity index (χ1) is 6.18. The molecule has 13 heavy (non-hydrogen) atoms. The first-order valence-electron chi connectivity index (χ1n) is 5.06. The SMILES string of the molecule is CC(C)=C=CC1(C=O)CCCCC1. The summed E-state index contributed by atoms with van der Waals surface area (Å²) < 4.78 is 0. The van der Waals surface area contributed by atoms with Gasteiger partial charge in [0.05, 0.1) is 5.41 Å². The largest absolute Gasteiger partial charge is 0.302 e. The molecule has 0 atom stereocenters. The molecule has 1 fully saturated rings. The van der Waals surface area contributed by atoms with Crippen LogP contribution in [0.2, 0.25) is 0 Å². The Morgan fingerprint density at radius 2 is 1.85 bits per heavy atom. The maximum atomic E-state index is 11.0. The zero-order valence-electron chi connectivity index (χ0n) is 8.60. The van der Waals surface area contributed by atoms with Gasteiger partial charge in [0.15, 0.2) is 0 Å². The van der Waals surface area contributed by atoms with Crippen LogP contribution in [0.15, 0.2) is 17.4 Å². The molecular weight excluding hydrogens is 160 g/mol. The van der Waals surface area contributed by atoms with Crippen LogP contribution in [0.25, 0.3) is 0 Å². The van der Waals surface area contributed by atoms with Gasteiger partial charge in [0, 0.05) is 0 Å². The van der Waals surface area contributed by atoms with E-state index in [1.165, 1.54) is 19.3 Å². The lowest BCUT2D eigenvalue weighted by Gasteiger charge is -2.27. The molecule has 1 saturated carbocycles. The molecule has 72 valence electrons. The second-order valence-corrected chi connectivity index (χ2v) is 4.20. The fourth-order valence-corrected chi connectivity index (χ4v) is 1.79. The van der Waals surface area contributed by atoms with Crippen molar-refractivity contribution in [2.45, 2.75) is 46.0 Å². The van der Waals surface area contributed by atoms with Crippen molar-refractivity contribution in [3.8, 4) is 0 Å². The van der Waals surface area contributed by atoms with E-state index in [2.05, 4.69) is 5.73 Å². The summed E-state index contributed by atoms with van der Waals surface area (Å²) in [5.41, 5.74) is 4.13. The van der Waals surface area contributed by atoms with Gasteiger partial charge in [0.25, 0.3) is 0 Å². The summed E-state index contributed by atoms with van der Waals surface area (Å²) in [6, 6.07) is 0. The first-order valence-corrected chi connectivity index (χ1v) is 5.06. The van der Waals surface area contributed by atoms with Gasteiger partial charge in [0.2, 0.25) is 0 Å². The Morgan fingerprint density at radius 1 is 1.23 bits per heavy atom. The minimum Gasteiger partial charge on any atom is -0.302 e. The van der Waals surface area contributed by atoms with Crippen molar-refractivity contribution < 1.29 is 4.79 Å². The minimum absolute atomic E-state index is 0.185. The van der Waals surface area contributed by atoms with Crippen molar-refractivity contribution in [2.24, 2.45) is 5.41 Å². The van der Waals surface area contributed by atoms with E-state index in [4.69, 9.17) is 0 Å². The van der Waals surface area contributed by atoms with Crippen LogP contribution in [0, 0.1) is 5.41 Å². The lowest BCUT2D eigenvalue weighted by Crippen LogP contribution is -2.22. The second kappa shape index (κ2) is 4.43. The summed E-state index contributed by atoms with van der Waals surface area (Å²) in [5, 5.41) is 0.